The van der Waals surface area contributed by atoms with Crippen LogP contribution in [0.2, 0.25) is 0 Å². The molecule has 2 rings (SSSR count). The number of carbonyl (C=O) groups excluding carboxylic acids is 1. The first-order valence-corrected chi connectivity index (χ1v) is 8.23. The maximum Gasteiger partial charge on any atom is 0.251 e. The number of guanidine groups is 1. The van der Waals surface area contributed by atoms with E-state index in [4.69, 9.17) is 0 Å². The van der Waals surface area contributed by atoms with Crippen LogP contribution in [0, 0.1) is 18.6 Å². The largest absolute Gasteiger partial charge is 0.355 e. The number of nitrogens with one attached hydrogen (secondary N) is 3. The number of carbonyl (C=O) groups is 1. The summed E-state index contributed by atoms with van der Waals surface area (Å²) in [7, 11) is 1.63. The average molecular weight is 488 g/mol. The van der Waals surface area contributed by atoms with E-state index in [-0.39, 0.29) is 41.3 Å². The average Bonchev–Trinajstić information content (AvgIpc) is 2.64. The molecule has 0 aliphatic rings. The fraction of sp³-hybridized carbons (Fsp3) is 0.263. The Balaban J connectivity index is 0.00000364. The second kappa shape index (κ2) is 11.5. The van der Waals surface area contributed by atoms with Gasteiger partial charge in [-0.2, -0.15) is 0 Å². The molecule has 0 aromatic heterocycles. The van der Waals surface area contributed by atoms with Crippen LogP contribution in [-0.2, 0) is 6.54 Å². The second-order valence-electron chi connectivity index (χ2n) is 5.70. The number of benzene rings is 2. The molecule has 146 valence electrons. The van der Waals surface area contributed by atoms with E-state index in [0.29, 0.717) is 31.2 Å². The zero-order valence-corrected chi connectivity index (χ0v) is 17.5. The number of aliphatic imine (C=N–C) groups is 1. The monoisotopic (exact) mass is 488 g/mol. The van der Waals surface area contributed by atoms with Crippen molar-refractivity contribution in [2.24, 2.45) is 4.99 Å². The third-order valence-corrected chi connectivity index (χ3v) is 3.73. The van der Waals surface area contributed by atoms with Gasteiger partial charge in [-0.1, -0.05) is 18.2 Å². The molecule has 1 amide bonds. The lowest BCUT2D eigenvalue weighted by Gasteiger charge is -2.12. The van der Waals surface area contributed by atoms with Crippen molar-refractivity contribution in [1.29, 1.82) is 0 Å². The summed E-state index contributed by atoms with van der Waals surface area (Å²) in [5, 5.41) is 8.86. The first-order valence-electron chi connectivity index (χ1n) is 8.23. The highest BCUT2D eigenvalue weighted by Gasteiger charge is 2.07. The van der Waals surface area contributed by atoms with Crippen molar-refractivity contribution in [2.45, 2.75) is 13.5 Å². The van der Waals surface area contributed by atoms with Crippen LogP contribution in [0.15, 0.2) is 47.5 Å². The van der Waals surface area contributed by atoms with Gasteiger partial charge in [0.15, 0.2) is 5.96 Å². The lowest BCUT2D eigenvalue weighted by molar-refractivity contribution is 0.0954. The van der Waals surface area contributed by atoms with Crippen molar-refractivity contribution < 1.29 is 13.6 Å². The molecule has 0 aliphatic carbocycles. The van der Waals surface area contributed by atoms with Crippen molar-refractivity contribution in [3.63, 3.8) is 0 Å². The molecule has 0 heterocycles. The van der Waals surface area contributed by atoms with Crippen molar-refractivity contribution >= 4 is 35.8 Å². The highest BCUT2D eigenvalue weighted by molar-refractivity contribution is 14.0. The third-order valence-electron chi connectivity index (χ3n) is 3.73. The lowest BCUT2D eigenvalue weighted by Crippen LogP contribution is -2.41. The van der Waals surface area contributed by atoms with Crippen LogP contribution in [0.5, 0.6) is 0 Å². The van der Waals surface area contributed by atoms with Crippen molar-refractivity contribution in [3.05, 3.63) is 70.8 Å². The highest BCUT2D eigenvalue weighted by atomic mass is 127. The van der Waals surface area contributed by atoms with E-state index >= 15 is 0 Å². The molecule has 0 spiro atoms. The van der Waals surface area contributed by atoms with Gasteiger partial charge in [0.25, 0.3) is 5.91 Å². The maximum atomic E-state index is 13.5. The van der Waals surface area contributed by atoms with Gasteiger partial charge in [0.2, 0.25) is 0 Å². The summed E-state index contributed by atoms with van der Waals surface area (Å²) >= 11 is 0. The highest BCUT2D eigenvalue weighted by Crippen LogP contribution is 2.08. The van der Waals surface area contributed by atoms with Gasteiger partial charge in [-0.15, -0.1) is 24.0 Å². The number of rotatable bonds is 6. The summed E-state index contributed by atoms with van der Waals surface area (Å²) in [4.78, 5) is 16.1. The smallest absolute Gasteiger partial charge is 0.251 e. The topological polar surface area (TPSA) is 65.5 Å². The van der Waals surface area contributed by atoms with E-state index in [1.165, 1.54) is 18.2 Å². The Hall–Kier alpha value is -2.23. The van der Waals surface area contributed by atoms with Gasteiger partial charge in [-0.25, -0.2) is 8.78 Å². The molecule has 2 aromatic carbocycles. The summed E-state index contributed by atoms with van der Waals surface area (Å²) in [6.45, 7) is 2.94. The number of nitrogens with zero attached hydrogens (tertiary/aromatic N) is 1. The molecule has 0 bridgehead atoms. The van der Waals surface area contributed by atoms with Gasteiger partial charge in [0.1, 0.15) is 11.6 Å². The summed E-state index contributed by atoms with van der Waals surface area (Å²) in [5.41, 5.74) is 1.70. The van der Waals surface area contributed by atoms with Crippen LogP contribution in [-0.4, -0.2) is 32.0 Å². The van der Waals surface area contributed by atoms with Crippen LogP contribution >= 0.6 is 24.0 Å². The molecular weight excluding hydrogens is 465 g/mol. The van der Waals surface area contributed by atoms with E-state index in [1.54, 1.807) is 38.2 Å². The SMILES string of the molecule is CN=C(NCCNC(=O)c1ccc(C)c(F)c1)NCc1ccc(F)cc1.I. The van der Waals surface area contributed by atoms with E-state index in [1.807, 2.05) is 0 Å². The minimum atomic E-state index is -0.402. The molecule has 0 radical (unpaired) electrons. The van der Waals surface area contributed by atoms with Gasteiger partial charge in [0.05, 0.1) is 0 Å². The van der Waals surface area contributed by atoms with Crippen LogP contribution in [0.1, 0.15) is 21.5 Å². The van der Waals surface area contributed by atoms with Crippen molar-refractivity contribution in [1.82, 2.24) is 16.0 Å². The molecule has 0 unspecified atom stereocenters. The normalized spacial score (nSPS) is 10.7. The lowest BCUT2D eigenvalue weighted by atomic mass is 10.1. The summed E-state index contributed by atoms with van der Waals surface area (Å²) in [5.74, 6) is -0.452. The Kier molecular flexibility index (Phi) is 9.70. The number of amides is 1. The van der Waals surface area contributed by atoms with Crippen LogP contribution in [0.4, 0.5) is 8.78 Å². The van der Waals surface area contributed by atoms with Crippen LogP contribution < -0.4 is 16.0 Å². The second-order valence-corrected chi connectivity index (χ2v) is 5.70. The number of aryl methyl sites for hydroxylation is 1. The molecule has 0 fully saturated rings. The molecule has 5 nitrogen and oxygen atoms in total. The number of halogens is 3. The Morgan fingerprint density at radius 3 is 2.30 bits per heavy atom. The molecule has 8 heteroatoms. The fourth-order valence-electron chi connectivity index (χ4n) is 2.20. The van der Waals surface area contributed by atoms with Gasteiger partial charge in [-0.05, 0) is 42.3 Å². The van der Waals surface area contributed by atoms with Gasteiger partial charge in [-0.3, -0.25) is 9.79 Å². The van der Waals surface area contributed by atoms with Gasteiger partial charge in [0, 0.05) is 32.2 Å². The third kappa shape index (κ3) is 7.49. The van der Waals surface area contributed by atoms with Gasteiger partial charge >= 0.3 is 0 Å². The Morgan fingerprint density at radius 2 is 1.67 bits per heavy atom. The van der Waals surface area contributed by atoms with E-state index in [2.05, 4.69) is 20.9 Å². The first-order chi connectivity index (χ1) is 12.5. The summed E-state index contributed by atoms with van der Waals surface area (Å²) in [6, 6.07) is 10.6. The summed E-state index contributed by atoms with van der Waals surface area (Å²) < 4.78 is 26.4. The van der Waals surface area contributed by atoms with Crippen molar-refractivity contribution in [2.75, 3.05) is 20.1 Å². The molecule has 27 heavy (non-hydrogen) atoms. The van der Waals surface area contributed by atoms with E-state index < -0.39 is 5.82 Å². The zero-order valence-electron chi connectivity index (χ0n) is 15.2. The fourth-order valence-corrected chi connectivity index (χ4v) is 2.20. The van der Waals surface area contributed by atoms with E-state index in [0.717, 1.165) is 5.56 Å². The van der Waals surface area contributed by atoms with Crippen molar-refractivity contribution in [3.8, 4) is 0 Å². The molecule has 2 aromatic rings. The Bertz CT molecular complexity index is 782. The van der Waals surface area contributed by atoms with Crippen LogP contribution in [0.3, 0.4) is 0 Å². The van der Waals surface area contributed by atoms with E-state index in [9.17, 15) is 13.6 Å². The number of hydrogen-bond acceptors (Lipinski definition) is 2. The first kappa shape index (κ1) is 22.8. The predicted molar refractivity (Wildman–Crippen MR) is 113 cm³/mol. The molecule has 0 saturated heterocycles. The molecule has 0 aliphatic heterocycles. The predicted octanol–water partition coefficient (Wildman–Crippen LogP) is 2.99. The maximum absolute atomic E-state index is 13.5. The molecule has 3 N–H and O–H groups in total. The Labute approximate surface area is 174 Å². The van der Waals surface area contributed by atoms with Crippen LogP contribution in [0.25, 0.3) is 0 Å². The minimum absolute atomic E-state index is 0. The minimum Gasteiger partial charge on any atom is -0.355 e. The molecular formula is C19H23F2IN4O. The quantitative estimate of drug-likeness (QED) is 0.254. The molecule has 0 atom stereocenters. The zero-order chi connectivity index (χ0) is 18.9. The number of hydrogen-bond donors (Lipinski definition) is 3. The molecule has 0 saturated carbocycles. The Morgan fingerprint density at radius 1 is 1.00 bits per heavy atom. The standard InChI is InChI=1S/C19H22F2N4O.HI/c1-13-3-6-15(11-17(13)21)18(26)23-9-10-24-19(22-2)25-12-14-4-7-16(20)8-5-14;/h3-8,11H,9-10,12H2,1-2H3,(H,23,26)(H2,22,24,25);1H. The van der Waals surface area contributed by atoms with Gasteiger partial charge < -0.3 is 16.0 Å². The summed E-state index contributed by atoms with van der Waals surface area (Å²) in [6.07, 6.45) is 0.